The zero-order valence-electron chi connectivity index (χ0n) is 34.7. The highest BCUT2D eigenvalue weighted by Gasteiger charge is 2.21. The van der Waals surface area contributed by atoms with Gasteiger partial charge < -0.3 is 27.9 Å². The normalized spacial score (nSPS) is 14.0. The zero-order valence-corrected chi connectivity index (χ0v) is 35.6. The number of phosphoric acid groups is 1. The molecule has 310 valence electrons. The van der Waals surface area contributed by atoms with Gasteiger partial charge in [0, 0.05) is 12.8 Å². The molecule has 0 bridgehead atoms. The van der Waals surface area contributed by atoms with E-state index < -0.39 is 32.5 Å². The van der Waals surface area contributed by atoms with Gasteiger partial charge in [-0.1, -0.05) is 153 Å². The molecule has 0 aromatic heterocycles. The molecule has 0 N–H and O–H groups in total. The SMILES string of the molecule is CC/C=C/C/C=C/C/C=C/CCCCCCCC(=O)OC[C@H](COP(=O)([O-])OCC[N+](C)(C)C)OC(=O)CCCCCCCCCCCCCCCC. The van der Waals surface area contributed by atoms with Crippen molar-refractivity contribution in [3.8, 4) is 0 Å². The van der Waals surface area contributed by atoms with Crippen LogP contribution in [-0.4, -0.2) is 70.0 Å². The Morgan fingerprint density at radius 2 is 1.08 bits per heavy atom. The largest absolute Gasteiger partial charge is 0.756 e. The van der Waals surface area contributed by atoms with Crippen LogP contribution in [-0.2, 0) is 32.7 Å². The number of allylic oxidation sites excluding steroid dienone is 6. The van der Waals surface area contributed by atoms with Gasteiger partial charge in [-0.15, -0.1) is 0 Å². The van der Waals surface area contributed by atoms with Crippen molar-refractivity contribution in [2.45, 2.75) is 180 Å². The summed E-state index contributed by atoms with van der Waals surface area (Å²) in [7, 11) is 1.16. The van der Waals surface area contributed by atoms with Gasteiger partial charge in [0.1, 0.15) is 19.8 Å². The van der Waals surface area contributed by atoms with Crippen molar-refractivity contribution in [3.05, 3.63) is 36.5 Å². The average Bonchev–Trinajstić information content (AvgIpc) is 3.10. The van der Waals surface area contributed by atoms with Crippen LogP contribution in [0.15, 0.2) is 36.5 Å². The number of carbonyl (C=O) groups is 2. The third-order valence-electron chi connectivity index (χ3n) is 8.92. The number of hydrogen-bond donors (Lipinski definition) is 0. The molecule has 0 saturated carbocycles. The van der Waals surface area contributed by atoms with Crippen molar-refractivity contribution < 1.29 is 42.1 Å². The third-order valence-corrected chi connectivity index (χ3v) is 9.89. The number of carbonyl (C=O) groups excluding carboxylic acids is 2. The van der Waals surface area contributed by atoms with Gasteiger partial charge in [-0.25, -0.2) is 0 Å². The summed E-state index contributed by atoms with van der Waals surface area (Å²) in [5, 5.41) is 0. The quantitative estimate of drug-likeness (QED) is 0.0201. The highest BCUT2D eigenvalue weighted by atomic mass is 31.2. The lowest BCUT2D eigenvalue weighted by molar-refractivity contribution is -0.870. The van der Waals surface area contributed by atoms with Crippen LogP contribution < -0.4 is 4.89 Å². The number of rotatable bonds is 38. The van der Waals surface area contributed by atoms with Crippen LogP contribution in [0, 0.1) is 0 Å². The lowest BCUT2D eigenvalue weighted by Crippen LogP contribution is -2.37. The molecule has 0 radical (unpaired) electrons. The number of ether oxygens (including phenoxy) is 2. The van der Waals surface area contributed by atoms with Gasteiger partial charge in [0.05, 0.1) is 27.7 Å². The fourth-order valence-corrected chi connectivity index (χ4v) is 6.34. The smallest absolute Gasteiger partial charge is 0.306 e. The van der Waals surface area contributed by atoms with Gasteiger partial charge in [0.25, 0.3) is 7.82 Å². The number of likely N-dealkylation sites (N-methyl/N-ethyl adjacent to an activating group) is 1. The number of unbranched alkanes of at least 4 members (excludes halogenated alkanes) is 18. The maximum absolute atomic E-state index is 12.6. The Hall–Kier alpha value is -1.77. The molecule has 0 aromatic rings. The summed E-state index contributed by atoms with van der Waals surface area (Å²) in [6.45, 7) is 4.09. The molecule has 0 saturated heterocycles. The minimum atomic E-state index is -4.62. The van der Waals surface area contributed by atoms with Crippen LogP contribution in [0.2, 0.25) is 0 Å². The maximum Gasteiger partial charge on any atom is 0.306 e. The summed E-state index contributed by atoms with van der Waals surface area (Å²) in [5.41, 5.74) is 0. The first-order valence-corrected chi connectivity index (χ1v) is 22.7. The Morgan fingerprint density at radius 3 is 1.60 bits per heavy atom. The first-order valence-electron chi connectivity index (χ1n) is 21.2. The van der Waals surface area contributed by atoms with E-state index in [4.69, 9.17) is 18.5 Å². The molecular weight excluding hydrogens is 689 g/mol. The topological polar surface area (TPSA) is 111 Å². The molecule has 0 fully saturated rings. The number of quaternary nitrogens is 1. The van der Waals surface area contributed by atoms with Crippen molar-refractivity contribution in [1.82, 2.24) is 0 Å². The Bertz CT molecular complexity index is 1010. The van der Waals surface area contributed by atoms with E-state index in [2.05, 4.69) is 50.3 Å². The van der Waals surface area contributed by atoms with E-state index in [1.807, 2.05) is 21.1 Å². The Morgan fingerprint density at radius 1 is 0.604 bits per heavy atom. The number of esters is 2. The lowest BCUT2D eigenvalue weighted by atomic mass is 10.0. The Balaban J connectivity index is 4.40. The van der Waals surface area contributed by atoms with Gasteiger partial charge in [0.15, 0.2) is 6.10 Å². The van der Waals surface area contributed by atoms with Gasteiger partial charge >= 0.3 is 11.9 Å². The van der Waals surface area contributed by atoms with E-state index in [0.717, 1.165) is 70.6 Å². The summed E-state index contributed by atoms with van der Waals surface area (Å²) in [6, 6.07) is 0. The number of nitrogens with zero attached hydrogens (tertiary/aromatic N) is 1. The molecule has 0 aliphatic carbocycles. The molecule has 0 aromatic carbocycles. The van der Waals surface area contributed by atoms with Crippen molar-refractivity contribution in [2.75, 3.05) is 47.5 Å². The molecule has 0 heterocycles. The first-order chi connectivity index (χ1) is 25.5. The van der Waals surface area contributed by atoms with E-state index in [1.165, 1.54) is 64.2 Å². The summed E-state index contributed by atoms with van der Waals surface area (Å²) < 4.78 is 33.8. The molecule has 0 amide bonds. The van der Waals surface area contributed by atoms with Crippen LogP contribution in [0.4, 0.5) is 0 Å². The van der Waals surface area contributed by atoms with Crippen LogP contribution in [0.25, 0.3) is 0 Å². The predicted molar refractivity (Wildman–Crippen MR) is 217 cm³/mol. The van der Waals surface area contributed by atoms with Crippen molar-refractivity contribution in [2.24, 2.45) is 0 Å². The fourth-order valence-electron chi connectivity index (χ4n) is 5.61. The second kappa shape index (κ2) is 35.9. The summed E-state index contributed by atoms with van der Waals surface area (Å²) in [4.78, 5) is 37.5. The molecular formula is C43H80NO8P. The van der Waals surface area contributed by atoms with Gasteiger partial charge in [-0.05, 0) is 44.9 Å². The van der Waals surface area contributed by atoms with Crippen molar-refractivity contribution >= 4 is 19.8 Å². The molecule has 0 spiro atoms. The highest BCUT2D eigenvalue weighted by molar-refractivity contribution is 7.45. The molecule has 1 unspecified atom stereocenters. The standard InChI is InChI=1S/C43H80NO8P/c1-6-8-10-12-14-16-18-20-22-24-25-27-29-31-33-35-42(45)49-39-41(40-51-53(47,48)50-38-37-44(3,4)5)52-43(46)36-34-32-30-28-26-23-21-19-17-15-13-11-9-7-2/h8,10,14,16,20,22,41H,6-7,9,11-13,15,17-19,21,23-40H2,1-5H3/b10-8+,16-14+,22-20+/t41-/m1/s1. The van der Waals surface area contributed by atoms with Crippen LogP contribution in [0.3, 0.4) is 0 Å². The van der Waals surface area contributed by atoms with E-state index >= 15 is 0 Å². The monoisotopic (exact) mass is 770 g/mol. The highest BCUT2D eigenvalue weighted by Crippen LogP contribution is 2.38. The third kappa shape index (κ3) is 39.7. The molecule has 0 aliphatic heterocycles. The second-order valence-electron chi connectivity index (χ2n) is 15.3. The van der Waals surface area contributed by atoms with Crippen molar-refractivity contribution in [3.63, 3.8) is 0 Å². The molecule has 10 heteroatoms. The van der Waals surface area contributed by atoms with Gasteiger partial charge in [-0.3, -0.25) is 14.2 Å². The molecule has 9 nitrogen and oxygen atoms in total. The van der Waals surface area contributed by atoms with Gasteiger partial charge in [0.2, 0.25) is 0 Å². The summed E-state index contributed by atoms with van der Waals surface area (Å²) in [6.07, 6.45) is 38.8. The maximum atomic E-state index is 12.6. The van der Waals surface area contributed by atoms with Crippen molar-refractivity contribution in [1.29, 1.82) is 0 Å². The predicted octanol–water partition coefficient (Wildman–Crippen LogP) is 11.1. The molecule has 0 rings (SSSR count). The van der Waals surface area contributed by atoms with Crippen LogP contribution in [0.5, 0.6) is 0 Å². The van der Waals surface area contributed by atoms with Crippen LogP contribution >= 0.6 is 7.82 Å². The second-order valence-corrected chi connectivity index (χ2v) is 16.7. The van der Waals surface area contributed by atoms with Gasteiger partial charge in [-0.2, -0.15) is 0 Å². The number of phosphoric ester groups is 1. The number of hydrogen-bond acceptors (Lipinski definition) is 8. The van der Waals surface area contributed by atoms with Crippen LogP contribution in [0.1, 0.15) is 174 Å². The average molecular weight is 770 g/mol. The Labute approximate surface area is 325 Å². The zero-order chi connectivity index (χ0) is 39.3. The van der Waals surface area contributed by atoms with E-state index in [-0.39, 0.29) is 26.1 Å². The minimum absolute atomic E-state index is 0.0332. The first kappa shape index (κ1) is 51.2. The molecule has 0 aliphatic rings. The minimum Gasteiger partial charge on any atom is -0.756 e. The summed E-state index contributed by atoms with van der Waals surface area (Å²) >= 11 is 0. The summed E-state index contributed by atoms with van der Waals surface area (Å²) in [5.74, 6) is -0.852. The van der Waals surface area contributed by atoms with E-state index in [0.29, 0.717) is 23.9 Å². The van der Waals surface area contributed by atoms with E-state index in [1.54, 1.807) is 0 Å². The van der Waals surface area contributed by atoms with E-state index in [9.17, 15) is 19.0 Å². The molecule has 53 heavy (non-hydrogen) atoms. The lowest BCUT2D eigenvalue weighted by Gasteiger charge is -2.28. The Kier molecular flexibility index (Phi) is 34.7. The molecule has 2 atom stereocenters. The fraction of sp³-hybridized carbons (Fsp3) is 0.814.